The van der Waals surface area contributed by atoms with E-state index in [1.165, 1.54) is 0 Å². The lowest BCUT2D eigenvalue weighted by Gasteiger charge is -2.29. The Balaban J connectivity index is 1.59. The van der Waals surface area contributed by atoms with Gasteiger partial charge in [0.2, 0.25) is 12.7 Å². The predicted octanol–water partition coefficient (Wildman–Crippen LogP) is 6.16. The molecule has 4 rings (SSSR count). The second-order valence-corrected chi connectivity index (χ2v) is 10.6. The molecule has 6 nitrogen and oxygen atoms in total. The molecule has 0 fully saturated rings. The van der Waals surface area contributed by atoms with E-state index < -0.39 is 0 Å². The quantitative estimate of drug-likeness (QED) is 0.317. The third-order valence-corrected chi connectivity index (χ3v) is 7.75. The van der Waals surface area contributed by atoms with Gasteiger partial charge < -0.3 is 19.3 Å². The van der Waals surface area contributed by atoms with Crippen molar-refractivity contribution < 1.29 is 19.1 Å². The summed E-state index contributed by atoms with van der Waals surface area (Å²) in [5.41, 5.74) is 2.49. The first-order valence-corrected chi connectivity index (χ1v) is 13.3. The van der Waals surface area contributed by atoms with Gasteiger partial charge in [-0.05, 0) is 59.7 Å². The number of carbonyl (C=O) groups is 2. The second-order valence-electron chi connectivity index (χ2n) is 9.14. The van der Waals surface area contributed by atoms with E-state index in [1.807, 2.05) is 30.5 Å². The van der Waals surface area contributed by atoms with Crippen LogP contribution in [0.15, 0.2) is 53.9 Å². The van der Waals surface area contributed by atoms with Crippen LogP contribution in [0, 0.1) is 12.8 Å². The van der Waals surface area contributed by atoms with E-state index in [1.54, 1.807) is 45.4 Å². The SMILES string of the molecule is CCC(C)CN(CC(=O)N(Cc1ccc2c(c1)OCO2)Cc1sccc1C)C(=O)c1ccccc1Cl. The van der Waals surface area contributed by atoms with Crippen molar-refractivity contribution in [3.63, 3.8) is 0 Å². The molecule has 2 heterocycles. The van der Waals surface area contributed by atoms with Gasteiger partial charge >= 0.3 is 0 Å². The highest BCUT2D eigenvalue weighted by Crippen LogP contribution is 2.33. The third-order valence-electron chi connectivity index (χ3n) is 6.41. The molecule has 0 spiro atoms. The molecule has 1 aliphatic rings. The molecule has 0 bridgehead atoms. The molecule has 0 saturated carbocycles. The number of carbonyl (C=O) groups excluding carboxylic acids is 2. The molecule has 0 N–H and O–H groups in total. The highest BCUT2D eigenvalue weighted by molar-refractivity contribution is 7.10. The zero-order valence-electron chi connectivity index (χ0n) is 20.8. The summed E-state index contributed by atoms with van der Waals surface area (Å²) in [6.07, 6.45) is 0.899. The minimum atomic E-state index is -0.232. The fourth-order valence-electron chi connectivity index (χ4n) is 4.02. The summed E-state index contributed by atoms with van der Waals surface area (Å²) < 4.78 is 11.0. The number of benzene rings is 2. The number of aryl methyl sites for hydroxylation is 1. The van der Waals surface area contributed by atoms with Gasteiger partial charge in [-0.3, -0.25) is 9.59 Å². The lowest BCUT2D eigenvalue weighted by atomic mass is 10.1. The molecule has 1 unspecified atom stereocenters. The van der Waals surface area contributed by atoms with Crippen LogP contribution < -0.4 is 9.47 Å². The zero-order chi connectivity index (χ0) is 25.7. The van der Waals surface area contributed by atoms with Crippen LogP contribution in [0.2, 0.25) is 5.02 Å². The van der Waals surface area contributed by atoms with E-state index in [4.69, 9.17) is 21.1 Å². The number of hydrogen-bond acceptors (Lipinski definition) is 5. The molecule has 1 aromatic heterocycles. The van der Waals surface area contributed by atoms with E-state index in [-0.39, 0.29) is 31.1 Å². The van der Waals surface area contributed by atoms with Crippen molar-refractivity contribution in [1.82, 2.24) is 9.80 Å². The maximum Gasteiger partial charge on any atom is 0.255 e. The van der Waals surface area contributed by atoms with E-state index >= 15 is 0 Å². The van der Waals surface area contributed by atoms with E-state index in [0.29, 0.717) is 41.7 Å². The largest absolute Gasteiger partial charge is 0.454 e. The topological polar surface area (TPSA) is 59.1 Å². The summed E-state index contributed by atoms with van der Waals surface area (Å²) in [4.78, 5) is 31.8. The standard InChI is InChI=1S/C28H31ClN2O4S/c1-4-19(2)14-31(28(33)22-7-5-6-8-23(22)29)17-27(32)30(16-26-20(3)11-12-36-26)15-21-9-10-24-25(13-21)35-18-34-24/h5-13,19H,4,14-18H2,1-3H3. The molecular weight excluding hydrogens is 496 g/mol. The molecular formula is C28H31ClN2O4S. The van der Waals surface area contributed by atoms with Crippen molar-refractivity contribution in [3.8, 4) is 11.5 Å². The Morgan fingerprint density at radius 2 is 1.83 bits per heavy atom. The number of halogens is 1. The highest BCUT2D eigenvalue weighted by atomic mass is 35.5. The molecule has 0 radical (unpaired) electrons. The second kappa shape index (κ2) is 11.8. The maximum atomic E-state index is 13.8. The third kappa shape index (κ3) is 6.20. The van der Waals surface area contributed by atoms with Gasteiger partial charge in [0.25, 0.3) is 5.91 Å². The lowest BCUT2D eigenvalue weighted by Crippen LogP contribution is -2.44. The van der Waals surface area contributed by atoms with Gasteiger partial charge in [-0.15, -0.1) is 11.3 Å². The van der Waals surface area contributed by atoms with Gasteiger partial charge in [0.05, 0.1) is 17.1 Å². The van der Waals surface area contributed by atoms with Crippen LogP contribution >= 0.6 is 22.9 Å². The minimum absolute atomic E-state index is 0.0244. The smallest absolute Gasteiger partial charge is 0.255 e. The van der Waals surface area contributed by atoms with Crippen molar-refractivity contribution in [2.45, 2.75) is 40.3 Å². The van der Waals surface area contributed by atoms with Crippen LogP contribution in [0.1, 0.15) is 46.6 Å². The van der Waals surface area contributed by atoms with Crippen molar-refractivity contribution in [1.29, 1.82) is 0 Å². The minimum Gasteiger partial charge on any atom is -0.454 e. The van der Waals surface area contributed by atoms with Crippen LogP contribution in [0.3, 0.4) is 0 Å². The van der Waals surface area contributed by atoms with E-state index in [0.717, 1.165) is 22.4 Å². The fourth-order valence-corrected chi connectivity index (χ4v) is 5.16. The number of thiophene rings is 1. The van der Waals surface area contributed by atoms with Crippen molar-refractivity contribution in [2.24, 2.45) is 5.92 Å². The summed E-state index contributed by atoms with van der Waals surface area (Å²) in [5, 5.41) is 2.42. The number of amides is 2. The Hall–Kier alpha value is -3.03. The Bertz CT molecular complexity index is 1230. The van der Waals surface area contributed by atoms with E-state index in [2.05, 4.69) is 19.9 Å². The predicted molar refractivity (Wildman–Crippen MR) is 143 cm³/mol. The average molecular weight is 527 g/mol. The maximum absolute atomic E-state index is 13.8. The molecule has 36 heavy (non-hydrogen) atoms. The highest BCUT2D eigenvalue weighted by Gasteiger charge is 2.26. The summed E-state index contributed by atoms with van der Waals surface area (Å²) >= 11 is 7.96. The summed E-state index contributed by atoms with van der Waals surface area (Å²) in [6, 6.07) is 14.8. The van der Waals surface area contributed by atoms with Gasteiger partial charge in [0, 0.05) is 18.0 Å². The monoisotopic (exact) mass is 526 g/mol. The lowest BCUT2D eigenvalue weighted by molar-refractivity contribution is -0.133. The first kappa shape index (κ1) is 26.0. The van der Waals surface area contributed by atoms with Gasteiger partial charge in [0.15, 0.2) is 11.5 Å². The molecule has 2 amide bonds. The van der Waals surface area contributed by atoms with Crippen molar-refractivity contribution in [2.75, 3.05) is 19.9 Å². The zero-order valence-corrected chi connectivity index (χ0v) is 22.4. The Labute approximate surface area is 221 Å². The normalized spacial score (nSPS) is 12.9. The molecule has 2 aromatic carbocycles. The van der Waals surface area contributed by atoms with Gasteiger partial charge in [-0.1, -0.05) is 50.1 Å². The Kier molecular flexibility index (Phi) is 8.54. The first-order chi connectivity index (χ1) is 17.4. The van der Waals surface area contributed by atoms with Gasteiger partial charge in [-0.25, -0.2) is 0 Å². The number of nitrogens with zero attached hydrogens (tertiary/aromatic N) is 2. The average Bonchev–Trinajstić information content (AvgIpc) is 3.51. The van der Waals surface area contributed by atoms with Crippen LogP contribution in [-0.4, -0.2) is 41.5 Å². The first-order valence-electron chi connectivity index (χ1n) is 12.1. The molecule has 1 atom stereocenters. The van der Waals surface area contributed by atoms with Gasteiger partial charge in [-0.2, -0.15) is 0 Å². The van der Waals surface area contributed by atoms with Crippen LogP contribution in [0.5, 0.6) is 11.5 Å². The van der Waals surface area contributed by atoms with Crippen LogP contribution in [-0.2, 0) is 17.9 Å². The molecule has 1 aliphatic heterocycles. The molecule has 8 heteroatoms. The Morgan fingerprint density at radius 1 is 1.06 bits per heavy atom. The van der Waals surface area contributed by atoms with Crippen molar-refractivity contribution >= 4 is 34.8 Å². The molecule has 3 aromatic rings. The van der Waals surface area contributed by atoms with Crippen molar-refractivity contribution in [3.05, 3.63) is 80.5 Å². The van der Waals surface area contributed by atoms with Gasteiger partial charge in [0.1, 0.15) is 6.54 Å². The summed E-state index contributed by atoms with van der Waals surface area (Å²) in [7, 11) is 0. The molecule has 0 saturated heterocycles. The Morgan fingerprint density at radius 3 is 2.56 bits per heavy atom. The summed E-state index contributed by atoms with van der Waals surface area (Å²) in [5.74, 6) is 1.27. The fraction of sp³-hybridized carbons (Fsp3) is 0.357. The molecule has 0 aliphatic carbocycles. The van der Waals surface area contributed by atoms with Crippen LogP contribution in [0.4, 0.5) is 0 Å². The number of hydrogen-bond donors (Lipinski definition) is 0. The van der Waals surface area contributed by atoms with Crippen LogP contribution in [0.25, 0.3) is 0 Å². The number of ether oxygens (including phenoxy) is 2. The number of fused-ring (bicyclic) bond motifs is 1. The summed E-state index contributed by atoms with van der Waals surface area (Å²) in [6.45, 7) is 7.72. The molecule has 190 valence electrons. The van der Waals surface area contributed by atoms with E-state index in [9.17, 15) is 9.59 Å². The number of rotatable bonds is 10.